The highest BCUT2D eigenvalue weighted by Gasteiger charge is 2.28. The van der Waals surface area contributed by atoms with Crippen LogP contribution in [0.15, 0.2) is 10.5 Å². The SMILES string of the molecule is COc1c(C(C)(C)C)cc([N+](=O)[O-])c(Cl)c1Br. The summed E-state index contributed by atoms with van der Waals surface area (Å²) in [6.07, 6.45) is 0. The average molecular weight is 323 g/mol. The van der Waals surface area contributed by atoms with E-state index in [0.29, 0.717) is 10.2 Å². The summed E-state index contributed by atoms with van der Waals surface area (Å²) in [6.45, 7) is 5.86. The topological polar surface area (TPSA) is 52.4 Å². The molecule has 6 heteroatoms. The van der Waals surface area contributed by atoms with Crippen LogP contribution in [0.3, 0.4) is 0 Å². The van der Waals surface area contributed by atoms with Gasteiger partial charge in [-0.1, -0.05) is 32.4 Å². The van der Waals surface area contributed by atoms with E-state index in [9.17, 15) is 10.1 Å². The molecule has 94 valence electrons. The summed E-state index contributed by atoms with van der Waals surface area (Å²) in [6, 6.07) is 1.46. The Kier molecular flexibility index (Phi) is 4.04. The van der Waals surface area contributed by atoms with Crippen molar-refractivity contribution in [2.24, 2.45) is 0 Å². The van der Waals surface area contributed by atoms with Crippen molar-refractivity contribution >= 4 is 33.2 Å². The molecule has 0 bridgehead atoms. The highest BCUT2D eigenvalue weighted by atomic mass is 79.9. The van der Waals surface area contributed by atoms with Crippen molar-refractivity contribution in [3.05, 3.63) is 31.2 Å². The second-order valence-corrected chi connectivity index (χ2v) is 5.78. The van der Waals surface area contributed by atoms with Crippen molar-refractivity contribution in [1.29, 1.82) is 0 Å². The maximum absolute atomic E-state index is 10.9. The van der Waals surface area contributed by atoms with Crippen molar-refractivity contribution in [3.8, 4) is 5.75 Å². The molecule has 0 saturated heterocycles. The number of benzene rings is 1. The Balaban J connectivity index is 3.65. The van der Waals surface area contributed by atoms with Gasteiger partial charge in [0.2, 0.25) is 0 Å². The molecule has 1 aromatic carbocycles. The van der Waals surface area contributed by atoms with Crippen LogP contribution < -0.4 is 4.74 Å². The maximum Gasteiger partial charge on any atom is 0.289 e. The zero-order valence-electron chi connectivity index (χ0n) is 10.0. The van der Waals surface area contributed by atoms with Crippen LogP contribution in [0.5, 0.6) is 5.75 Å². The van der Waals surface area contributed by atoms with Gasteiger partial charge < -0.3 is 4.74 Å². The molecule has 0 aliphatic carbocycles. The summed E-state index contributed by atoms with van der Waals surface area (Å²) in [5.74, 6) is 0.535. The normalized spacial score (nSPS) is 11.4. The Labute approximate surface area is 113 Å². The molecule has 4 nitrogen and oxygen atoms in total. The number of methoxy groups -OCH3 is 1. The summed E-state index contributed by atoms with van der Waals surface area (Å²) >= 11 is 9.17. The van der Waals surface area contributed by atoms with Gasteiger partial charge in [0.1, 0.15) is 10.8 Å². The molecule has 1 rings (SSSR count). The molecule has 0 unspecified atom stereocenters. The Morgan fingerprint density at radius 3 is 2.35 bits per heavy atom. The minimum atomic E-state index is -0.498. The van der Waals surface area contributed by atoms with E-state index in [1.807, 2.05) is 20.8 Å². The molecule has 1 aromatic rings. The van der Waals surface area contributed by atoms with Gasteiger partial charge in [0.25, 0.3) is 5.69 Å². The van der Waals surface area contributed by atoms with Crippen LogP contribution in [-0.4, -0.2) is 12.0 Å². The Morgan fingerprint density at radius 2 is 2.00 bits per heavy atom. The fourth-order valence-corrected chi connectivity index (χ4v) is 2.27. The van der Waals surface area contributed by atoms with Crippen LogP contribution in [0, 0.1) is 10.1 Å². The predicted octanol–water partition coefficient (Wildman–Crippen LogP) is 4.32. The van der Waals surface area contributed by atoms with Crippen LogP contribution in [0.2, 0.25) is 5.02 Å². The molecule has 0 radical (unpaired) electrons. The van der Waals surface area contributed by atoms with Crippen LogP contribution in [0.4, 0.5) is 5.69 Å². The molecular formula is C11H13BrClNO3. The largest absolute Gasteiger partial charge is 0.495 e. The monoisotopic (exact) mass is 321 g/mol. The van der Waals surface area contributed by atoms with E-state index in [1.165, 1.54) is 13.2 Å². The zero-order chi connectivity index (χ0) is 13.4. The quantitative estimate of drug-likeness (QED) is 0.602. The van der Waals surface area contributed by atoms with Gasteiger partial charge in [-0.25, -0.2) is 0 Å². The van der Waals surface area contributed by atoms with Crippen molar-refractivity contribution in [2.45, 2.75) is 26.2 Å². The lowest BCUT2D eigenvalue weighted by molar-refractivity contribution is -0.384. The lowest BCUT2D eigenvalue weighted by Gasteiger charge is -2.23. The van der Waals surface area contributed by atoms with Crippen molar-refractivity contribution in [2.75, 3.05) is 7.11 Å². The molecular weight excluding hydrogens is 309 g/mol. The molecule has 0 fully saturated rings. The average Bonchev–Trinajstić information content (AvgIpc) is 2.19. The maximum atomic E-state index is 10.9. The molecule has 0 aromatic heterocycles. The third kappa shape index (κ3) is 2.72. The first-order valence-electron chi connectivity index (χ1n) is 4.91. The van der Waals surface area contributed by atoms with Crippen molar-refractivity contribution < 1.29 is 9.66 Å². The molecule has 0 N–H and O–H groups in total. The van der Waals surface area contributed by atoms with Gasteiger partial charge in [-0.2, -0.15) is 0 Å². The van der Waals surface area contributed by atoms with Gasteiger partial charge in [-0.3, -0.25) is 10.1 Å². The smallest absolute Gasteiger partial charge is 0.289 e. The Bertz CT molecular complexity index is 469. The standard InChI is InChI=1S/C11H13BrClNO3/c1-11(2,3)6-5-7(14(15)16)9(13)8(12)10(6)17-4/h5H,1-4H3. The number of halogens is 2. The molecule has 0 spiro atoms. The molecule has 0 heterocycles. The zero-order valence-corrected chi connectivity index (χ0v) is 12.3. The number of ether oxygens (including phenoxy) is 1. The molecule has 17 heavy (non-hydrogen) atoms. The second kappa shape index (κ2) is 4.82. The highest BCUT2D eigenvalue weighted by Crippen LogP contribution is 2.45. The number of nitro groups is 1. The third-order valence-corrected chi connectivity index (χ3v) is 3.72. The van der Waals surface area contributed by atoms with Crippen molar-refractivity contribution in [1.82, 2.24) is 0 Å². The van der Waals surface area contributed by atoms with Crippen LogP contribution in [0.1, 0.15) is 26.3 Å². The van der Waals surface area contributed by atoms with Crippen LogP contribution >= 0.6 is 27.5 Å². The molecule has 0 aliphatic heterocycles. The fourth-order valence-electron chi connectivity index (χ4n) is 1.49. The first kappa shape index (κ1) is 14.3. The molecule has 0 amide bonds. The van der Waals surface area contributed by atoms with E-state index in [0.717, 1.165) is 5.56 Å². The van der Waals surface area contributed by atoms with Gasteiger partial charge in [0.15, 0.2) is 0 Å². The van der Waals surface area contributed by atoms with E-state index < -0.39 is 4.92 Å². The fraction of sp³-hybridized carbons (Fsp3) is 0.455. The number of rotatable bonds is 2. The van der Waals surface area contributed by atoms with Gasteiger partial charge in [-0.15, -0.1) is 0 Å². The van der Waals surface area contributed by atoms with Gasteiger partial charge >= 0.3 is 0 Å². The minimum absolute atomic E-state index is 0.0554. The van der Waals surface area contributed by atoms with Crippen LogP contribution in [-0.2, 0) is 5.41 Å². The van der Waals surface area contributed by atoms with E-state index in [-0.39, 0.29) is 16.1 Å². The van der Waals surface area contributed by atoms with E-state index in [2.05, 4.69) is 15.9 Å². The second-order valence-electron chi connectivity index (χ2n) is 4.61. The first-order chi connectivity index (χ1) is 7.70. The summed E-state index contributed by atoms with van der Waals surface area (Å²) < 4.78 is 5.68. The van der Waals surface area contributed by atoms with Crippen LogP contribution in [0.25, 0.3) is 0 Å². The highest BCUT2D eigenvalue weighted by molar-refractivity contribution is 9.10. The predicted molar refractivity (Wildman–Crippen MR) is 71.1 cm³/mol. The van der Waals surface area contributed by atoms with E-state index >= 15 is 0 Å². The minimum Gasteiger partial charge on any atom is -0.495 e. The number of hydrogen-bond donors (Lipinski definition) is 0. The van der Waals surface area contributed by atoms with Gasteiger partial charge in [0, 0.05) is 11.6 Å². The third-order valence-electron chi connectivity index (χ3n) is 2.35. The molecule has 0 atom stereocenters. The van der Waals surface area contributed by atoms with Crippen molar-refractivity contribution in [3.63, 3.8) is 0 Å². The summed E-state index contributed by atoms with van der Waals surface area (Å²) in [4.78, 5) is 10.4. The van der Waals surface area contributed by atoms with Gasteiger partial charge in [-0.05, 0) is 21.3 Å². The first-order valence-corrected chi connectivity index (χ1v) is 6.08. The van der Waals surface area contributed by atoms with E-state index in [4.69, 9.17) is 16.3 Å². The molecule has 0 aliphatic rings. The number of nitrogens with zero attached hydrogens (tertiary/aromatic N) is 1. The van der Waals surface area contributed by atoms with Gasteiger partial charge in [0.05, 0.1) is 16.5 Å². The molecule has 0 saturated carbocycles. The Hall–Kier alpha value is -0.810. The number of nitro benzene ring substituents is 1. The summed E-state index contributed by atoms with van der Waals surface area (Å²) in [5.41, 5.74) is 0.343. The summed E-state index contributed by atoms with van der Waals surface area (Å²) in [7, 11) is 1.51. The lowest BCUT2D eigenvalue weighted by Crippen LogP contribution is -2.14. The number of hydrogen-bond acceptors (Lipinski definition) is 3. The Morgan fingerprint density at radius 1 is 1.47 bits per heavy atom. The lowest BCUT2D eigenvalue weighted by atomic mass is 9.86. The summed E-state index contributed by atoms with van der Waals surface area (Å²) in [5, 5.41) is 11.0. The van der Waals surface area contributed by atoms with E-state index in [1.54, 1.807) is 0 Å².